The van der Waals surface area contributed by atoms with Crippen LogP contribution in [0, 0.1) is 5.41 Å². The number of hydrogen-bond acceptors (Lipinski definition) is 6. The highest BCUT2D eigenvalue weighted by Gasteiger charge is 2.36. The first-order valence-corrected chi connectivity index (χ1v) is 8.54. The Morgan fingerprint density at radius 3 is 2.54 bits per heavy atom. The molecule has 1 aromatic carbocycles. The quantitative estimate of drug-likeness (QED) is 0.116. The first-order chi connectivity index (χ1) is 12.3. The van der Waals surface area contributed by atoms with Gasteiger partial charge in [0, 0.05) is 12.2 Å². The van der Waals surface area contributed by atoms with Crippen molar-refractivity contribution in [3.05, 3.63) is 29.8 Å². The number of amides is 1. The fourth-order valence-electron chi connectivity index (χ4n) is 2.49. The number of hydrogen-bond donors (Lipinski definition) is 5. The molecule has 1 amide bonds. The maximum atomic E-state index is 11.4. The first-order valence-electron chi connectivity index (χ1n) is 8.11. The van der Waals surface area contributed by atoms with Crippen LogP contribution in [-0.2, 0) is 11.2 Å². The average molecular weight is 379 g/mol. The number of alkyl halides is 1. The van der Waals surface area contributed by atoms with Crippen LogP contribution < -0.4 is 22.9 Å². The summed E-state index contributed by atoms with van der Waals surface area (Å²) in [5.41, 5.74) is 23.4. The largest absolute Gasteiger partial charge is 0.399 e. The molecule has 2 rings (SSSR count). The van der Waals surface area contributed by atoms with Gasteiger partial charge in [-0.15, -0.1) is 0 Å². The van der Waals surface area contributed by atoms with E-state index in [0.29, 0.717) is 6.54 Å². The zero-order valence-electron chi connectivity index (χ0n) is 14.2. The molecule has 9 nitrogen and oxygen atoms in total. The van der Waals surface area contributed by atoms with Crippen LogP contribution in [0.2, 0.25) is 0 Å². The van der Waals surface area contributed by atoms with E-state index < -0.39 is 17.6 Å². The van der Waals surface area contributed by atoms with E-state index in [2.05, 4.69) is 9.98 Å². The normalized spacial score (nSPS) is 20.8. The standard InChI is InChI=1S/C16H23ClN8O/c17-12-14(20)25(13(19)11(24-12)15(21)26)16(22)23-8-2-1-3-9-4-6-10(18)7-5-9/h4-7,12,14,19H,1-3,8,18,20H2,(H2,21,26)(H2,22,23). The van der Waals surface area contributed by atoms with E-state index in [4.69, 9.17) is 39.9 Å². The summed E-state index contributed by atoms with van der Waals surface area (Å²) >= 11 is 5.99. The molecule has 9 N–H and O–H groups in total. The van der Waals surface area contributed by atoms with Gasteiger partial charge in [-0.05, 0) is 37.0 Å². The van der Waals surface area contributed by atoms with Crippen molar-refractivity contribution < 1.29 is 4.79 Å². The van der Waals surface area contributed by atoms with Gasteiger partial charge in [-0.1, -0.05) is 23.7 Å². The number of halogens is 1. The fourth-order valence-corrected chi connectivity index (χ4v) is 2.70. The van der Waals surface area contributed by atoms with Gasteiger partial charge >= 0.3 is 0 Å². The Bertz CT molecular complexity index is 730. The van der Waals surface area contributed by atoms with Crippen molar-refractivity contribution in [3.8, 4) is 0 Å². The van der Waals surface area contributed by atoms with Crippen molar-refractivity contribution in [2.75, 3.05) is 12.3 Å². The molecule has 2 unspecified atom stereocenters. The molecule has 0 fully saturated rings. The zero-order chi connectivity index (χ0) is 19.3. The number of rotatable bonds is 6. The maximum Gasteiger partial charge on any atom is 0.270 e. The summed E-state index contributed by atoms with van der Waals surface area (Å²) in [5.74, 6) is -1.16. The molecule has 0 aliphatic carbocycles. The van der Waals surface area contributed by atoms with E-state index in [1.54, 1.807) is 0 Å². The molecule has 2 atom stereocenters. The van der Waals surface area contributed by atoms with Crippen molar-refractivity contribution in [3.63, 3.8) is 0 Å². The summed E-state index contributed by atoms with van der Waals surface area (Å²) < 4.78 is 0. The molecule has 0 spiro atoms. The second-order valence-corrected chi connectivity index (χ2v) is 6.31. The number of primary amides is 1. The number of nitrogens with two attached hydrogens (primary N) is 4. The summed E-state index contributed by atoms with van der Waals surface area (Å²) in [6.07, 6.45) is 1.71. The zero-order valence-corrected chi connectivity index (χ0v) is 15.0. The number of aliphatic imine (C=N–C) groups is 2. The molecule has 0 saturated heterocycles. The number of anilines is 1. The number of nitrogen functional groups attached to an aromatic ring is 1. The van der Waals surface area contributed by atoms with Crippen LogP contribution in [0.4, 0.5) is 5.69 Å². The molecule has 26 heavy (non-hydrogen) atoms. The molecule has 1 aliphatic heterocycles. The van der Waals surface area contributed by atoms with E-state index >= 15 is 0 Å². The van der Waals surface area contributed by atoms with Gasteiger partial charge in [-0.3, -0.25) is 25.1 Å². The van der Waals surface area contributed by atoms with Gasteiger partial charge in [0.2, 0.25) is 0 Å². The van der Waals surface area contributed by atoms with Crippen LogP contribution >= 0.6 is 11.6 Å². The number of unbranched alkanes of at least 4 members (excludes halogenated alkanes) is 1. The van der Waals surface area contributed by atoms with E-state index in [1.165, 1.54) is 10.5 Å². The van der Waals surface area contributed by atoms with Crippen molar-refractivity contribution >= 4 is 40.7 Å². The summed E-state index contributed by atoms with van der Waals surface area (Å²) in [4.78, 5) is 20.6. The van der Waals surface area contributed by atoms with E-state index in [0.717, 1.165) is 24.9 Å². The molecule has 1 aromatic rings. The Morgan fingerprint density at radius 2 is 1.92 bits per heavy atom. The van der Waals surface area contributed by atoms with Crippen LogP contribution in [-0.4, -0.2) is 46.5 Å². The Morgan fingerprint density at radius 1 is 1.27 bits per heavy atom. The number of nitrogens with zero attached hydrogens (tertiary/aromatic N) is 3. The summed E-state index contributed by atoms with van der Waals surface area (Å²) in [5, 5.41) is 8.02. The Labute approximate surface area is 156 Å². The molecule has 10 heteroatoms. The second kappa shape index (κ2) is 8.63. The molecule has 0 bridgehead atoms. The Kier molecular flexibility index (Phi) is 6.53. The van der Waals surface area contributed by atoms with E-state index in [1.807, 2.05) is 24.3 Å². The summed E-state index contributed by atoms with van der Waals surface area (Å²) in [7, 11) is 0. The monoisotopic (exact) mass is 378 g/mol. The lowest BCUT2D eigenvalue weighted by atomic mass is 10.1. The molecule has 0 radical (unpaired) electrons. The molecule has 1 heterocycles. The third-order valence-corrected chi connectivity index (χ3v) is 4.26. The number of guanidine groups is 1. The van der Waals surface area contributed by atoms with Crippen LogP contribution in [0.25, 0.3) is 0 Å². The minimum absolute atomic E-state index is 0.00860. The fraction of sp³-hybridized carbons (Fsp3) is 0.375. The molecule has 1 aliphatic rings. The number of aryl methyl sites for hydroxylation is 1. The number of benzene rings is 1. The SMILES string of the molecule is N=C1C(C(N)=O)=NC(Cl)C(N)N1C(N)=NCCCCc1ccc(N)cc1. The van der Waals surface area contributed by atoms with Crippen LogP contribution in [0.3, 0.4) is 0 Å². The lowest BCUT2D eigenvalue weighted by Crippen LogP contribution is -2.62. The maximum absolute atomic E-state index is 11.4. The number of carbonyl (C=O) groups is 1. The minimum atomic E-state index is -0.953. The summed E-state index contributed by atoms with van der Waals surface area (Å²) in [6, 6.07) is 7.73. The predicted molar refractivity (Wildman–Crippen MR) is 104 cm³/mol. The van der Waals surface area contributed by atoms with Crippen LogP contribution in [0.1, 0.15) is 18.4 Å². The number of carbonyl (C=O) groups excluding carboxylic acids is 1. The summed E-state index contributed by atoms with van der Waals surface area (Å²) in [6.45, 7) is 0.452. The highest BCUT2D eigenvalue weighted by atomic mass is 35.5. The predicted octanol–water partition coefficient (Wildman–Crippen LogP) is -0.0249. The topological polar surface area (TPSA) is 173 Å². The minimum Gasteiger partial charge on any atom is -0.399 e. The highest BCUT2D eigenvalue weighted by Crippen LogP contribution is 2.15. The van der Waals surface area contributed by atoms with Gasteiger partial charge in [0.15, 0.2) is 23.0 Å². The molecular formula is C16H23ClN8O. The van der Waals surface area contributed by atoms with Crippen molar-refractivity contribution in [2.24, 2.45) is 27.2 Å². The lowest BCUT2D eigenvalue weighted by Gasteiger charge is -2.34. The van der Waals surface area contributed by atoms with Gasteiger partial charge in [0.25, 0.3) is 5.91 Å². The Hall–Kier alpha value is -2.65. The van der Waals surface area contributed by atoms with Crippen molar-refractivity contribution in [1.29, 1.82) is 5.41 Å². The Balaban J connectivity index is 1.91. The van der Waals surface area contributed by atoms with Gasteiger partial charge in [0.05, 0.1) is 0 Å². The first kappa shape index (κ1) is 19.7. The average Bonchev–Trinajstić information content (AvgIpc) is 2.59. The molecular weight excluding hydrogens is 356 g/mol. The number of amidine groups is 1. The van der Waals surface area contributed by atoms with Crippen LogP contribution in [0.15, 0.2) is 34.3 Å². The van der Waals surface area contributed by atoms with E-state index in [9.17, 15) is 4.79 Å². The lowest BCUT2D eigenvalue weighted by molar-refractivity contribution is -0.111. The van der Waals surface area contributed by atoms with Gasteiger partial charge in [-0.25, -0.2) is 0 Å². The van der Waals surface area contributed by atoms with Crippen molar-refractivity contribution in [2.45, 2.75) is 30.9 Å². The molecule has 140 valence electrons. The van der Waals surface area contributed by atoms with Gasteiger partial charge < -0.3 is 22.9 Å². The van der Waals surface area contributed by atoms with Crippen LogP contribution in [0.5, 0.6) is 0 Å². The smallest absolute Gasteiger partial charge is 0.270 e. The third-order valence-electron chi connectivity index (χ3n) is 3.90. The number of nitrogens with one attached hydrogen (secondary N) is 1. The highest BCUT2D eigenvalue weighted by molar-refractivity contribution is 6.67. The second-order valence-electron chi connectivity index (χ2n) is 5.86. The molecule has 0 saturated carbocycles. The van der Waals surface area contributed by atoms with E-state index in [-0.39, 0.29) is 17.5 Å². The third kappa shape index (κ3) is 4.70. The van der Waals surface area contributed by atoms with Gasteiger partial charge in [0.1, 0.15) is 6.17 Å². The molecule has 0 aromatic heterocycles. The van der Waals surface area contributed by atoms with Crippen molar-refractivity contribution in [1.82, 2.24) is 4.90 Å². The van der Waals surface area contributed by atoms with Gasteiger partial charge in [-0.2, -0.15) is 0 Å².